The van der Waals surface area contributed by atoms with E-state index in [2.05, 4.69) is 15.3 Å². The van der Waals surface area contributed by atoms with Gasteiger partial charge in [0.15, 0.2) is 11.5 Å². The van der Waals surface area contributed by atoms with E-state index < -0.39 is 0 Å². The molecule has 28 heavy (non-hydrogen) atoms. The number of rotatable bonds is 7. The lowest BCUT2D eigenvalue weighted by Gasteiger charge is -2.16. The van der Waals surface area contributed by atoms with Crippen molar-refractivity contribution in [2.24, 2.45) is 0 Å². The van der Waals surface area contributed by atoms with E-state index in [0.717, 1.165) is 5.56 Å². The van der Waals surface area contributed by atoms with Crippen LogP contribution < -0.4 is 19.7 Å². The number of ether oxygens (including phenoxy) is 2. The number of carbonyl (C=O) groups excluding carboxylic acids is 1. The molecule has 2 heterocycles. The van der Waals surface area contributed by atoms with Crippen LogP contribution in [0.15, 0.2) is 61.1 Å². The second-order valence-corrected chi connectivity index (χ2v) is 6.24. The molecule has 7 heteroatoms. The predicted octanol–water partition coefficient (Wildman–Crippen LogP) is 3.38. The van der Waals surface area contributed by atoms with E-state index in [9.17, 15) is 4.79 Å². The highest BCUT2D eigenvalue weighted by Crippen LogP contribution is 2.31. The number of amides is 1. The number of nitrogens with one attached hydrogen (secondary N) is 1. The van der Waals surface area contributed by atoms with Crippen LogP contribution in [0.3, 0.4) is 0 Å². The fraction of sp³-hybridized carbons (Fsp3) is 0.190. The number of aromatic nitrogens is 2. The highest BCUT2D eigenvalue weighted by Gasteiger charge is 2.15. The highest BCUT2D eigenvalue weighted by atomic mass is 16.5. The Kier molecular flexibility index (Phi) is 6.06. The minimum atomic E-state index is -0.250. The summed E-state index contributed by atoms with van der Waals surface area (Å²) in [7, 11) is 5.26. The van der Waals surface area contributed by atoms with Gasteiger partial charge in [0.05, 0.1) is 12.7 Å². The van der Waals surface area contributed by atoms with Gasteiger partial charge >= 0.3 is 0 Å². The molecule has 0 saturated heterocycles. The van der Waals surface area contributed by atoms with Crippen molar-refractivity contribution in [3.8, 4) is 11.5 Å². The molecule has 0 aliphatic rings. The summed E-state index contributed by atoms with van der Waals surface area (Å²) in [4.78, 5) is 22.9. The minimum absolute atomic E-state index is 0.250. The lowest BCUT2D eigenvalue weighted by Crippen LogP contribution is -2.19. The van der Waals surface area contributed by atoms with E-state index in [1.165, 1.54) is 0 Å². The van der Waals surface area contributed by atoms with E-state index in [0.29, 0.717) is 35.2 Å². The van der Waals surface area contributed by atoms with Crippen molar-refractivity contribution >= 4 is 17.4 Å². The Morgan fingerprint density at radius 1 is 1.11 bits per heavy atom. The number of hydrogen-bond acceptors (Lipinski definition) is 6. The Labute approximate surface area is 164 Å². The van der Waals surface area contributed by atoms with E-state index in [4.69, 9.17) is 9.47 Å². The zero-order chi connectivity index (χ0) is 19.9. The van der Waals surface area contributed by atoms with Crippen LogP contribution in [0.2, 0.25) is 0 Å². The van der Waals surface area contributed by atoms with E-state index in [1.54, 1.807) is 60.9 Å². The van der Waals surface area contributed by atoms with Crippen LogP contribution in [0.1, 0.15) is 15.9 Å². The molecule has 0 bridgehead atoms. The molecule has 3 rings (SSSR count). The summed E-state index contributed by atoms with van der Waals surface area (Å²) >= 11 is 0. The third-order valence-electron chi connectivity index (χ3n) is 3.99. The molecule has 144 valence electrons. The molecule has 0 aliphatic carbocycles. The number of pyridine rings is 2. The number of methoxy groups -OCH3 is 1. The van der Waals surface area contributed by atoms with Gasteiger partial charge in [-0.2, -0.15) is 0 Å². The second kappa shape index (κ2) is 8.85. The summed E-state index contributed by atoms with van der Waals surface area (Å²) < 4.78 is 11.2. The quantitative estimate of drug-likeness (QED) is 0.679. The Morgan fingerprint density at radius 3 is 2.64 bits per heavy atom. The molecule has 0 saturated carbocycles. The van der Waals surface area contributed by atoms with Crippen LogP contribution in [0.4, 0.5) is 11.5 Å². The normalized spacial score (nSPS) is 10.2. The van der Waals surface area contributed by atoms with Gasteiger partial charge in [-0.3, -0.25) is 9.78 Å². The molecule has 1 aromatic carbocycles. The summed E-state index contributed by atoms with van der Waals surface area (Å²) in [6.07, 6.45) is 5.10. The molecular formula is C21H22N4O3. The Morgan fingerprint density at radius 2 is 1.93 bits per heavy atom. The number of nitrogens with zero attached hydrogens (tertiary/aromatic N) is 3. The highest BCUT2D eigenvalue weighted by molar-refractivity contribution is 6.07. The van der Waals surface area contributed by atoms with Crippen molar-refractivity contribution in [2.75, 3.05) is 31.4 Å². The first kappa shape index (κ1) is 19.2. The number of carbonyl (C=O) groups is 1. The van der Waals surface area contributed by atoms with E-state index in [-0.39, 0.29) is 5.91 Å². The number of hydrogen-bond donors (Lipinski definition) is 1. The van der Waals surface area contributed by atoms with E-state index >= 15 is 0 Å². The standard InChI is InChI=1S/C21H22N4O3/c1-25(2)20-17(7-5-11-23-20)21(26)24-16-8-9-18(27-3)19(12-16)28-14-15-6-4-10-22-13-15/h4-13H,14H2,1-3H3,(H,24,26). The molecule has 3 aromatic rings. The summed E-state index contributed by atoms with van der Waals surface area (Å²) in [5.74, 6) is 1.46. The molecule has 0 spiro atoms. The Balaban J connectivity index is 1.78. The molecule has 0 unspecified atom stereocenters. The van der Waals surface area contributed by atoms with Crippen molar-refractivity contribution in [1.29, 1.82) is 0 Å². The maximum absolute atomic E-state index is 12.7. The van der Waals surface area contributed by atoms with Crippen molar-refractivity contribution in [1.82, 2.24) is 9.97 Å². The van der Waals surface area contributed by atoms with Gasteiger partial charge in [0.1, 0.15) is 12.4 Å². The molecule has 0 atom stereocenters. The number of benzene rings is 1. The molecular weight excluding hydrogens is 356 g/mol. The lowest BCUT2D eigenvalue weighted by atomic mass is 10.2. The molecule has 1 N–H and O–H groups in total. The SMILES string of the molecule is COc1ccc(NC(=O)c2cccnc2N(C)C)cc1OCc1cccnc1. The Bertz CT molecular complexity index is 945. The van der Waals surface area contributed by atoms with Gasteiger partial charge in [0.2, 0.25) is 0 Å². The van der Waals surface area contributed by atoms with Gasteiger partial charge < -0.3 is 19.7 Å². The third-order valence-corrected chi connectivity index (χ3v) is 3.99. The zero-order valence-electron chi connectivity index (χ0n) is 16.0. The average molecular weight is 378 g/mol. The van der Waals surface area contributed by atoms with Gasteiger partial charge in [-0.1, -0.05) is 6.07 Å². The maximum atomic E-state index is 12.7. The van der Waals surface area contributed by atoms with Gasteiger partial charge in [-0.25, -0.2) is 4.98 Å². The first-order chi connectivity index (χ1) is 13.6. The molecule has 0 aliphatic heterocycles. The number of anilines is 2. The van der Waals surface area contributed by atoms with E-state index in [1.807, 2.05) is 26.2 Å². The monoisotopic (exact) mass is 378 g/mol. The van der Waals surface area contributed by atoms with Crippen LogP contribution in [0, 0.1) is 0 Å². The van der Waals surface area contributed by atoms with Gasteiger partial charge in [-0.15, -0.1) is 0 Å². The molecule has 2 aromatic heterocycles. The maximum Gasteiger partial charge on any atom is 0.259 e. The van der Waals surface area contributed by atoms with Crippen LogP contribution >= 0.6 is 0 Å². The topological polar surface area (TPSA) is 76.6 Å². The smallest absolute Gasteiger partial charge is 0.259 e. The van der Waals surface area contributed by atoms with Crippen LogP contribution in [0.25, 0.3) is 0 Å². The molecule has 0 fully saturated rings. The van der Waals surface area contributed by atoms with Gasteiger partial charge in [0.25, 0.3) is 5.91 Å². The van der Waals surface area contributed by atoms with Crippen molar-refractivity contribution < 1.29 is 14.3 Å². The lowest BCUT2D eigenvalue weighted by molar-refractivity contribution is 0.102. The van der Waals surface area contributed by atoms with Crippen molar-refractivity contribution in [3.63, 3.8) is 0 Å². The van der Waals surface area contributed by atoms with Crippen LogP contribution in [-0.2, 0) is 6.61 Å². The molecule has 0 radical (unpaired) electrons. The van der Waals surface area contributed by atoms with Gasteiger partial charge in [-0.05, 0) is 30.3 Å². The molecule has 7 nitrogen and oxygen atoms in total. The first-order valence-corrected chi connectivity index (χ1v) is 8.72. The predicted molar refractivity (Wildman–Crippen MR) is 108 cm³/mol. The van der Waals surface area contributed by atoms with Gasteiger partial charge in [0, 0.05) is 50.0 Å². The second-order valence-electron chi connectivity index (χ2n) is 6.24. The van der Waals surface area contributed by atoms with Crippen LogP contribution in [-0.4, -0.2) is 37.1 Å². The molecule has 1 amide bonds. The first-order valence-electron chi connectivity index (χ1n) is 8.72. The minimum Gasteiger partial charge on any atom is -0.493 e. The fourth-order valence-corrected chi connectivity index (χ4v) is 2.64. The average Bonchev–Trinajstić information content (AvgIpc) is 2.73. The zero-order valence-corrected chi connectivity index (χ0v) is 16.0. The Hall–Kier alpha value is -3.61. The van der Waals surface area contributed by atoms with Crippen LogP contribution in [0.5, 0.6) is 11.5 Å². The largest absolute Gasteiger partial charge is 0.493 e. The summed E-state index contributed by atoms with van der Waals surface area (Å²) in [5.41, 5.74) is 2.02. The summed E-state index contributed by atoms with van der Waals surface area (Å²) in [6.45, 7) is 0.342. The summed E-state index contributed by atoms with van der Waals surface area (Å²) in [6, 6.07) is 12.5. The van der Waals surface area contributed by atoms with Crippen molar-refractivity contribution in [2.45, 2.75) is 6.61 Å². The third kappa shape index (κ3) is 4.56. The summed E-state index contributed by atoms with van der Waals surface area (Å²) in [5, 5.41) is 2.89. The van der Waals surface area contributed by atoms with Crippen molar-refractivity contribution in [3.05, 3.63) is 72.2 Å². The fourth-order valence-electron chi connectivity index (χ4n) is 2.64.